The van der Waals surface area contributed by atoms with Gasteiger partial charge in [0.05, 0.1) is 18.6 Å². The highest BCUT2D eigenvalue weighted by Gasteiger charge is 2.27. The van der Waals surface area contributed by atoms with Crippen molar-refractivity contribution >= 4 is 11.7 Å². The predicted molar refractivity (Wildman–Crippen MR) is 73.7 cm³/mol. The largest absolute Gasteiger partial charge is 0.462 e. The first-order valence-electron chi connectivity index (χ1n) is 6.72. The predicted octanol–water partition coefficient (Wildman–Crippen LogP) is 2.31. The monoisotopic (exact) mass is 263 g/mol. The summed E-state index contributed by atoms with van der Waals surface area (Å²) in [6.45, 7) is 4.02. The first kappa shape index (κ1) is 13.9. The fourth-order valence-corrected chi connectivity index (χ4v) is 2.47. The molecule has 1 aliphatic rings. The minimum atomic E-state index is -0.184. The summed E-state index contributed by atoms with van der Waals surface area (Å²) in [6, 6.07) is 7.29. The highest BCUT2D eigenvalue weighted by molar-refractivity contribution is 5.73. The van der Waals surface area contributed by atoms with Crippen LogP contribution >= 0.6 is 0 Å². The highest BCUT2D eigenvalue weighted by atomic mass is 16.6. The summed E-state index contributed by atoms with van der Waals surface area (Å²) < 4.78 is 11.1. The van der Waals surface area contributed by atoms with Crippen LogP contribution in [0.2, 0.25) is 0 Å². The lowest BCUT2D eigenvalue weighted by atomic mass is 10.0. The van der Waals surface area contributed by atoms with Gasteiger partial charge in [0, 0.05) is 18.5 Å². The Balaban J connectivity index is 1.85. The molecule has 0 saturated carbocycles. The van der Waals surface area contributed by atoms with Crippen LogP contribution < -0.4 is 5.73 Å². The van der Waals surface area contributed by atoms with Crippen LogP contribution in [0.5, 0.6) is 0 Å². The number of hydrogen-bond donors (Lipinski definition) is 1. The molecule has 1 aromatic carbocycles. The normalized spacial score (nSPS) is 26.9. The Morgan fingerprint density at radius 3 is 2.42 bits per heavy atom. The lowest BCUT2D eigenvalue weighted by Gasteiger charge is -2.31. The van der Waals surface area contributed by atoms with Gasteiger partial charge in [0.2, 0.25) is 0 Å². The van der Waals surface area contributed by atoms with Crippen molar-refractivity contribution in [3.05, 3.63) is 29.8 Å². The third kappa shape index (κ3) is 4.24. The molecule has 0 radical (unpaired) electrons. The number of benzene rings is 1. The van der Waals surface area contributed by atoms with E-state index in [9.17, 15) is 4.79 Å². The summed E-state index contributed by atoms with van der Waals surface area (Å²) in [5.74, 6) is -0.184. The van der Waals surface area contributed by atoms with Crippen LogP contribution in [0.4, 0.5) is 5.69 Å². The molecular formula is C15H21NO3. The standard InChI is InChI=1S/C15H21NO3/c1-10-7-14(8-11(2)18-10)19-15(17)9-12-3-5-13(16)6-4-12/h3-6,10-11,14H,7-9,16H2,1-2H3. The third-order valence-electron chi connectivity index (χ3n) is 3.28. The number of nitrogen functional groups attached to an aromatic ring is 1. The topological polar surface area (TPSA) is 61.5 Å². The Morgan fingerprint density at radius 1 is 1.26 bits per heavy atom. The number of nitrogens with two attached hydrogens (primary N) is 1. The second kappa shape index (κ2) is 6.06. The molecule has 0 aromatic heterocycles. The molecule has 1 saturated heterocycles. The van der Waals surface area contributed by atoms with Crippen molar-refractivity contribution in [1.29, 1.82) is 0 Å². The van der Waals surface area contributed by atoms with Gasteiger partial charge in [-0.25, -0.2) is 0 Å². The van der Waals surface area contributed by atoms with E-state index in [2.05, 4.69) is 0 Å². The minimum absolute atomic E-state index is 0.0277. The summed E-state index contributed by atoms with van der Waals surface area (Å²) in [7, 11) is 0. The maximum Gasteiger partial charge on any atom is 0.310 e. The van der Waals surface area contributed by atoms with E-state index in [0.29, 0.717) is 12.1 Å². The number of carbonyl (C=O) groups is 1. The van der Waals surface area contributed by atoms with E-state index < -0.39 is 0 Å². The van der Waals surface area contributed by atoms with Crippen molar-refractivity contribution in [2.45, 2.75) is 51.4 Å². The number of ether oxygens (including phenoxy) is 2. The Labute approximate surface area is 113 Å². The number of esters is 1. The van der Waals surface area contributed by atoms with Crippen molar-refractivity contribution in [3.8, 4) is 0 Å². The quantitative estimate of drug-likeness (QED) is 0.671. The molecule has 0 bridgehead atoms. The van der Waals surface area contributed by atoms with E-state index in [0.717, 1.165) is 18.4 Å². The zero-order chi connectivity index (χ0) is 13.8. The van der Waals surface area contributed by atoms with Crippen molar-refractivity contribution in [2.75, 3.05) is 5.73 Å². The van der Waals surface area contributed by atoms with Gasteiger partial charge in [-0.1, -0.05) is 12.1 Å². The first-order chi connectivity index (χ1) is 9.02. The average molecular weight is 263 g/mol. The molecule has 0 aliphatic carbocycles. The summed E-state index contributed by atoms with van der Waals surface area (Å²) in [5.41, 5.74) is 7.23. The van der Waals surface area contributed by atoms with Crippen LogP contribution in [0.3, 0.4) is 0 Å². The van der Waals surface area contributed by atoms with Crippen LogP contribution in [0.25, 0.3) is 0 Å². The van der Waals surface area contributed by atoms with Gasteiger partial charge in [0.1, 0.15) is 6.10 Å². The lowest BCUT2D eigenvalue weighted by molar-refractivity contribution is -0.158. The lowest BCUT2D eigenvalue weighted by Crippen LogP contribution is -2.35. The highest BCUT2D eigenvalue weighted by Crippen LogP contribution is 2.22. The Morgan fingerprint density at radius 2 is 1.84 bits per heavy atom. The molecule has 104 valence electrons. The van der Waals surface area contributed by atoms with Gasteiger partial charge in [-0.05, 0) is 31.5 Å². The molecule has 0 amide bonds. The minimum Gasteiger partial charge on any atom is -0.462 e. The molecule has 19 heavy (non-hydrogen) atoms. The van der Waals surface area contributed by atoms with E-state index >= 15 is 0 Å². The van der Waals surface area contributed by atoms with E-state index in [1.165, 1.54) is 0 Å². The number of carbonyl (C=O) groups excluding carboxylic acids is 1. The Hall–Kier alpha value is -1.55. The van der Waals surface area contributed by atoms with Gasteiger partial charge in [-0.2, -0.15) is 0 Å². The van der Waals surface area contributed by atoms with Crippen molar-refractivity contribution in [3.63, 3.8) is 0 Å². The molecule has 0 spiro atoms. The summed E-state index contributed by atoms with van der Waals surface area (Å²) >= 11 is 0. The van der Waals surface area contributed by atoms with E-state index in [-0.39, 0.29) is 24.3 Å². The van der Waals surface area contributed by atoms with E-state index in [1.54, 1.807) is 12.1 Å². The van der Waals surface area contributed by atoms with Crippen LogP contribution in [-0.4, -0.2) is 24.3 Å². The fourth-order valence-electron chi connectivity index (χ4n) is 2.47. The molecule has 2 rings (SSSR count). The fraction of sp³-hybridized carbons (Fsp3) is 0.533. The first-order valence-corrected chi connectivity index (χ1v) is 6.72. The van der Waals surface area contributed by atoms with Crippen LogP contribution in [-0.2, 0) is 20.7 Å². The Bertz CT molecular complexity index is 420. The molecule has 4 heteroatoms. The van der Waals surface area contributed by atoms with Gasteiger partial charge < -0.3 is 15.2 Å². The maximum absolute atomic E-state index is 11.9. The second-order valence-corrected chi connectivity index (χ2v) is 5.26. The smallest absolute Gasteiger partial charge is 0.310 e. The van der Waals surface area contributed by atoms with Gasteiger partial charge in [0.15, 0.2) is 0 Å². The Kier molecular flexibility index (Phi) is 4.43. The molecule has 2 N–H and O–H groups in total. The van der Waals surface area contributed by atoms with Crippen molar-refractivity contribution in [1.82, 2.24) is 0 Å². The van der Waals surface area contributed by atoms with Crippen molar-refractivity contribution in [2.24, 2.45) is 0 Å². The summed E-state index contributed by atoms with van der Waals surface area (Å²) in [5, 5.41) is 0. The molecule has 4 nitrogen and oxygen atoms in total. The van der Waals surface area contributed by atoms with Gasteiger partial charge in [0.25, 0.3) is 0 Å². The van der Waals surface area contributed by atoms with Crippen LogP contribution in [0.15, 0.2) is 24.3 Å². The summed E-state index contributed by atoms with van der Waals surface area (Å²) in [4.78, 5) is 11.9. The van der Waals surface area contributed by atoms with Gasteiger partial charge in [-0.3, -0.25) is 4.79 Å². The number of hydrogen-bond acceptors (Lipinski definition) is 4. The average Bonchev–Trinajstić information content (AvgIpc) is 2.30. The molecule has 1 aliphatic heterocycles. The number of anilines is 1. The second-order valence-electron chi connectivity index (χ2n) is 5.26. The maximum atomic E-state index is 11.9. The third-order valence-corrected chi connectivity index (χ3v) is 3.28. The van der Waals surface area contributed by atoms with E-state index in [1.807, 2.05) is 26.0 Å². The van der Waals surface area contributed by atoms with Crippen molar-refractivity contribution < 1.29 is 14.3 Å². The van der Waals surface area contributed by atoms with Gasteiger partial charge >= 0.3 is 5.97 Å². The molecule has 2 atom stereocenters. The van der Waals surface area contributed by atoms with Gasteiger partial charge in [-0.15, -0.1) is 0 Å². The molecule has 1 fully saturated rings. The SMILES string of the molecule is CC1CC(OC(=O)Cc2ccc(N)cc2)CC(C)O1. The molecule has 1 aromatic rings. The summed E-state index contributed by atoms with van der Waals surface area (Å²) in [6.07, 6.45) is 2.12. The molecule has 1 heterocycles. The van der Waals surface area contributed by atoms with Crippen LogP contribution in [0.1, 0.15) is 32.3 Å². The zero-order valence-corrected chi connectivity index (χ0v) is 11.5. The zero-order valence-electron chi connectivity index (χ0n) is 11.5. The van der Waals surface area contributed by atoms with E-state index in [4.69, 9.17) is 15.2 Å². The molecule has 2 unspecified atom stereocenters. The number of rotatable bonds is 3. The van der Waals surface area contributed by atoms with Crippen LogP contribution in [0, 0.1) is 0 Å². The molecular weight excluding hydrogens is 242 g/mol.